The Kier molecular flexibility index (Phi) is 12.4. The van der Waals surface area contributed by atoms with Gasteiger partial charge in [0.25, 0.3) is 0 Å². The first-order valence-electron chi connectivity index (χ1n) is 4.99. The maximum Gasteiger partial charge on any atom is 0.333 e. The van der Waals surface area contributed by atoms with Crippen LogP contribution in [0, 0.1) is 0 Å². The van der Waals surface area contributed by atoms with Crippen molar-refractivity contribution in [2.24, 2.45) is 5.90 Å². The number of amides is 1. The van der Waals surface area contributed by atoms with E-state index in [9.17, 15) is 9.59 Å². The molecule has 6 heteroatoms. The normalized spacial score (nSPS) is 8.50. The first-order chi connectivity index (χ1) is 7.57. The second kappa shape index (κ2) is 11.7. The van der Waals surface area contributed by atoms with Gasteiger partial charge in [-0.05, 0) is 6.92 Å². The van der Waals surface area contributed by atoms with Gasteiger partial charge in [-0.25, -0.2) is 10.7 Å². The average Bonchev–Trinajstić information content (AvgIpc) is 2.27. The number of carbonyl (C=O) groups is 2. The van der Waals surface area contributed by atoms with Crippen LogP contribution in [0.3, 0.4) is 0 Å². The third-order valence-electron chi connectivity index (χ3n) is 1.22. The highest BCUT2D eigenvalue weighted by Gasteiger charge is 2.03. The second-order valence-electron chi connectivity index (χ2n) is 2.58. The zero-order valence-electron chi connectivity index (χ0n) is 10.0. The van der Waals surface area contributed by atoms with Crippen LogP contribution in [-0.4, -0.2) is 31.6 Å². The lowest BCUT2D eigenvalue weighted by atomic mass is 10.4. The molecule has 1 amide bonds. The van der Waals surface area contributed by atoms with E-state index in [2.05, 4.69) is 22.6 Å². The third-order valence-corrected chi connectivity index (χ3v) is 1.22. The molecule has 6 nitrogen and oxygen atoms in total. The summed E-state index contributed by atoms with van der Waals surface area (Å²) in [4.78, 5) is 25.7. The molecular formula is C10H20N2O4. The molecule has 0 saturated heterocycles. The zero-order valence-corrected chi connectivity index (χ0v) is 10.0. The SMILES string of the molecule is C=C(C)C(=O)OCCNC(=O)CON.CC. The summed E-state index contributed by atoms with van der Waals surface area (Å²) in [6.07, 6.45) is 0. The van der Waals surface area contributed by atoms with Gasteiger partial charge in [0.15, 0.2) is 0 Å². The predicted molar refractivity (Wildman–Crippen MR) is 60.3 cm³/mol. The van der Waals surface area contributed by atoms with Crippen molar-refractivity contribution in [1.82, 2.24) is 5.32 Å². The third kappa shape index (κ3) is 10.7. The van der Waals surface area contributed by atoms with Gasteiger partial charge in [-0.1, -0.05) is 20.4 Å². The largest absolute Gasteiger partial charge is 0.460 e. The Balaban J connectivity index is 0. The van der Waals surface area contributed by atoms with Gasteiger partial charge in [0, 0.05) is 5.57 Å². The molecule has 0 aliphatic carbocycles. The Morgan fingerprint density at radius 3 is 2.38 bits per heavy atom. The van der Waals surface area contributed by atoms with Crippen molar-refractivity contribution in [2.45, 2.75) is 20.8 Å². The molecule has 0 heterocycles. The van der Waals surface area contributed by atoms with Crippen molar-refractivity contribution in [2.75, 3.05) is 19.8 Å². The van der Waals surface area contributed by atoms with Crippen molar-refractivity contribution in [1.29, 1.82) is 0 Å². The summed E-state index contributed by atoms with van der Waals surface area (Å²) in [5.74, 6) is 3.82. The number of nitrogens with one attached hydrogen (secondary N) is 1. The van der Waals surface area contributed by atoms with E-state index < -0.39 is 5.97 Å². The summed E-state index contributed by atoms with van der Waals surface area (Å²) in [6, 6.07) is 0. The van der Waals surface area contributed by atoms with Gasteiger partial charge < -0.3 is 10.1 Å². The summed E-state index contributed by atoms with van der Waals surface area (Å²) in [6.45, 7) is 9.05. The van der Waals surface area contributed by atoms with E-state index in [0.29, 0.717) is 5.57 Å². The molecule has 0 saturated carbocycles. The number of hydrogen-bond acceptors (Lipinski definition) is 5. The first-order valence-corrected chi connectivity index (χ1v) is 4.99. The van der Waals surface area contributed by atoms with Gasteiger partial charge in [0.05, 0.1) is 6.54 Å². The maximum absolute atomic E-state index is 10.8. The lowest BCUT2D eigenvalue weighted by molar-refractivity contribution is -0.139. The molecule has 0 spiro atoms. The van der Waals surface area contributed by atoms with E-state index in [0.717, 1.165) is 0 Å². The van der Waals surface area contributed by atoms with E-state index in [1.807, 2.05) is 13.8 Å². The highest BCUT2D eigenvalue weighted by molar-refractivity contribution is 5.86. The fraction of sp³-hybridized carbons (Fsp3) is 0.600. The van der Waals surface area contributed by atoms with E-state index in [1.165, 1.54) is 0 Å². The average molecular weight is 232 g/mol. The minimum Gasteiger partial charge on any atom is -0.460 e. The van der Waals surface area contributed by atoms with Gasteiger partial charge in [0.1, 0.15) is 13.2 Å². The topological polar surface area (TPSA) is 90.6 Å². The van der Waals surface area contributed by atoms with Crippen LogP contribution in [0.5, 0.6) is 0 Å². The molecule has 0 aromatic rings. The standard InChI is InChI=1S/C8H14N2O4.C2H6/c1-6(2)8(12)13-4-3-10-7(11)5-14-9;1-2/h1,3-5,9H2,2H3,(H,10,11);1-2H3. The molecule has 3 N–H and O–H groups in total. The molecule has 16 heavy (non-hydrogen) atoms. The van der Waals surface area contributed by atoms with Crippen molar-refractivity contribution in [3.8, 4) is 0 Å². The summed E-state index contributed by atoms with van der Waals surface area (Å²) in [5, 5.41) is 2.43. The Morgan fingerprint density at radius 1 is 1.38 bits per heavy atom. The molecule has 0 aliphatic rings. The van der Waals surface area contributed by atoms with Crippen LogP contribution >= 0.6 is 0 Å². The Hall–Kier alpha value is -1.40. The van der Waals surface area contributed by atoms with Crippen LogP contribution in [0.25, 0.3) is 0 Å². The van der Waals surface area contributed by atoms with Gasteiger partial charge >= 0.3 is 5.97 Å². The predicted octanol–water partition coefficient (Wildman–Crippen LogP) is 0.138. The van der Waals surface area contributed by atoms with Crippen LogP contribution in [0.1, 0.15) is 20.8 Å². The molecular weight excluding hydrogens is 212 g/mol. The number of hydrogen-bond donors (Lipinski definition) is 2. The molecule has 0 bridgehead atoms. The Labute approximate surface area is 95.7 Å². The molecule has 0 aliphatic heterocycles. The van der Waals surface area contributed by atoms with Crippen LogP contribution in [0.15, 0.2) is 12.2 Å². The minimum atomic E-state index is -0.477. The van der Waals surface area contributed by atoms with Crippen molar-refractivity contribution in [3.63, 3.8) is 0 Å². The number of ether oxygens (including phenoxy) is 1. The highest BCUT2D eigenvalue weighted by Crippen LogP contribution is 1.90. The molecule has 0 unspecified atom stereocenters. The van der Waals surface area contributed by atoms with Crippen LogP contribution in [0.2, 0.25) is 0 Å². The second-order valence-corrected chi connectivity index (χ2v) is 2.58. The summed E-state index contributed by atoms with van der Waals surface area (Å²) >= 11 is 0. The van der Waals surface area contributed by atoms with E-state index in [4.69, 9.17) is 4.74 Å². The summed E-state index contributed by atoms with van der Waals surface area (Å²) in [7, 11) is 0. The number of esters is 1. The van der Waals surface area contributed by atoms with Crippen molar-refractivity contribution >= 4 is 11.9 Å². The zero-order chi connectivity index (χ0) is 13.0. The molecule has 0 aromatic carbocycles. The molecule has 0 rings (SSSR count). The molecule has 0 aromatic heterocycles. The van der Waals surface area contributed by atoms with E-state index in [-0.39, 0.29) is 25.7 Å². The van der Waals surface area contributed by atoms with Gasteiger partial charge in [-0.2, -0.15) is 0 Å². The maximum atomic E-state index is 10.8. The molecule has 0 fully saturated rings. The van der Waals surface area contributed by atoms with Crippen LogP contribution in [0.4, 0.5) is 0 Å². The minimum absolute atomic E-state index is 0.0992. The Morgan fingerprint density at radius 2 is 1.94 bits per heavy atom. The Bertz CT molecular complexity index is 229. The molecule has 0 atom stereocenters. The number of rotatable bonds is 6. The quantitative estimate of drug-likeness (QED) is 0.294. The molecule has 0 radical (unpaired) electrons. The fourth-order valence-electron chi connectivity index (χ4n) is 0.584. The van der Waals surface area contributed by atoms with Gasteiger partial charge in [0.2, 0.25) is 5.91 Å². The monoisotopic (exact) mass is 232 g/mol. The smallest absolute Gasteiger partial charge is 0.333 e. The van der Waals surface area contributed by atoms with Crippen LogP contribution < -0.4 is 11.2 Å². The fourth-order valence-corrected chi connectivity index (χ4v) is 0.584. The summed E-state index contributed by atoms with van der Waals surface area (Å²) in [5.41, 5.74) is 0.321. The summed E-state index contributed by atoms with van der Waals surface area (Å²) < 4.78 is 4.71. The first kappa shape index (κ1) is 17.0. The lowest BCUT2D eigenvalue weighted by Crippen LogP contribution is -2.32. The number of carbonyl (C=O) groups excluding carboxylic acids is 2. The number of nitrogens with two attached hydrogens (primary N) is 1. The van der Waals surface area contributed by atoms with Crippen molar-refractivity contribution < 1.29 is 19.2 Å². The van der Waals surface area contributed by atoms with Gasteiger partial charge in [-0.15, -0.1) is 0 Å². The van der Waals surface area contributed by atoms with Crippen LogP contribution in [-0.2, 0) is 19.2 Å². The molecule has 94 valence electrons. The highest BCUT2D eigenvalue weighted by atomic mass is 16.6. The van der Waals surface area contributed by atoms with E-state index in [1.54, 1.807) is 6.92 Å². The van der Waals surface area contributed by atoms with Crippen molar-refractivity contribution in [3.05, 3.63) is 12.2 Å². The van der Waals surface area contributed by atoms with E-state index >= 15 is 0 Å². The van der Waals surface area contributed by atoms with Gasteiger partial charge in [-0.3, -0.25) is 9.63 Å². The lowest BCUT2D eigenvalue weighted by Gasteiger charge is -2.05.